The molecule has 1 N–H and O–H groups in total. The van der Waals surface area contributed by atoms with Gasteiger partial charge in [-0.15, -0.1) is 0 Å². The van der Waals surface area contributed by atoms with Crippen LogP contribution in [0.4, 0.5) is 5.69 Å². The Labute approximate surface area is 147 Å². The van der Waals surface area contributed by atoms with Crippen molar-refractivity contribution in [2.75, 3.05) is 18.1 Å². The van der Waals surface area contributed by atoms with Crippen LogP contribution in [0, 0.1) is 0 Å². The van der Waals surface area contributed by atoms with Crippen LogP contribution in [0.5, 0.6) is 0 Å². The molecule has 0 aliphatic rings. The first-order valence-corrected chi connectivity index (χ1v) is 9.62. The van der Waals surface area contributed by atoms with Crippen molar-refractivity contribution in [2.24, 2.45) is 0 Å². The van der Waals surface area contributed by atoms with Crippen LogP contribution >= 0.6 is 11.6 Å². The number of hydrogen-bond acceptors (Lipinski definition) is 3. The highest BCUT2D eigenvalue weighted by Gasteiger charge is 2.18. The van der Waals surface area contributed by atoms with Crippen LogP contribution in [0.2, 0.25) is 5.02 Å². The summed E-state index contributed by atoms with van der Waals surface area (Å²) < 4.78 is 25.2. The zero-order valence-electron chi connectivity index (χ0n) is 13.3. The summed E-state index contributed by atoms with van der Waals surface area (Å²) in [6, 6.07) is 16.0. The number of anilines is 1. The van der Waals surface area contributed by atoms with Gasteiger partial charge in [-0.1, -0.05) is 41.9 Å². The number of rotatable bonds is 7. The van der Waals surface area contributed by atoms with Gasteiger partial charge in [-0.2, -0.15) is 4.31 Å². The number of halogens is 1. The van der Waals surface area contributed by atoms with Crippen molar-refractivity contribution in [1.82, 2.24) is 4.31 Å². The van der Waals surface area contributed by atoms with Gasteiger partial charge in [0.15, 0.2) is 0 Å². The van der Waals surface area contributed by atoms with Crippen molar-refractivity contribution in [2.45, 2.75) is 13.0 Å². The number of sulfonamides is 1. The van der Waals surface area contributed by atoms with Gasteiger partial charge in [-0.05, 0) is 29.8 Å². The Hall–Kier alpha value is -1.89. The average Bonchev–Trinajstić information content (AvgIpc) is 2.53. The molecule has 2 aromatic carbocycles. The van der Waals surface area contributed by atoms with E-state index in [-0.39, 0.29) is 25.4 Å². The quantitative estimate of drug-likeness (QED) is 0.818. The lowest BCUT2D eigenvalue weighted by atomic mass is 10.2. The summed E-state index contributed by atoms with van der Waals surface area (Å²) >= 11 is 5.83. The smallest absolute Gasteiger partial charge is 0.225 e. The number of nitrogens with one attached hydrogen (secondary N) is 1. The summed E-state index contributed by atoms with van der Waals surface area (Å²) in [4.78, 5) is 12.0. The van der Waals surface area contributed by atoms with E-state index in [1.807, 2.05) is 18.2 Å². The fourth-order valence-electron chi connectivity index (χ4n) is 2.13. The molecule has 0 bridgehead atoms. The van der Waals surface area contributed by atoms with Crippen LogP contribution in [-0.2, 0) is 21.4 Å². The van der Waals surface area contributed by atoms with Crippen LogP contribution in [0.1, 0.15) is 12.0 Å². The maximum Gasteiger partial charge on any atom is 0.225 e. The summed E-state index contributed by atoms with van der Waals surface area (Å²) in [6.45, 7) is 0.314. The molecule has 0 unspecified atom stereocenters. The second-order valence-corrected chi connectivity index (χ2v) is 7.81. The SMILES string of the molecule is CS(=O)(=O)N(CCC(=O)Nc1ccccc1)Cc1ccc(Cl)cc1. The molecular formula is C17H19ClN2O3S. The molecule has 0 radical (unpaired) electrons. The highest BCUT2D eigenvalue weighted by atomic mass is 35.5. The highest BCUT2D eigenvalue weighted by Crippen LogP contribution is 2.14. The fraction of sp³-hybridized carbons (Fsp3) is 0.235. The molecule has 0 aromatic heterocycles. The molecule has 24 heavy (non-hydrogen) atoms. The molecule has 0 saturated heterocycles. The van der Waals surface area contributed by atoms with Crippen molar-refractivity contribution in [3.8, 4) is 0 Å². The summed E-state index contributed by atoms with van der Waals surface area (Å²) in [6.07, 6.45) is 1.22. The van der Waals surface area contributed by atoms with Crippen LogP contribution in [0.15, 0.2) is 54.6 Å². The lowest BCUT2D eigenvalue weighted by Gasteiger charge is -2.20. The molecular weight excluding hydrogens is 348 g/mol. The minimum absolute atomic E-state index is 0.0789. The Morgan fingerprint density at radius 3 is 2.29 bits per heavy atom. The number of nitrogens with zero attached hydrogens (tertiary/aromatic N) is 1. The first-order chi connectivity index (χ1) is 11.3. The monoisotopic (exact) mass is 366 g/mol. The topological polar surface area (TPSA) is 66.5 Å². The van der Waals surface area contributed by atoms with Crippen molar-refractivity contribution in [3.05, 3.63) is 65.2 Å². The predicted molar refractivity (Wildman–Crippen MR) is 96.4 cm³/mol. The van der Waals surface area contributed by atoms with E-state index in [0.717, 1.165) is 11.8 Å². The molecule has 128 valence electrons. The van der Waals surface area contributed by atoms with E-state index in [1.165, 1.54) is 4.31 Å². The van der Waals surface area contributed by atoms with Crippen LogP contribution in [0.3, 0.4) is 0 Å². The third-order valence-electron chi connectivity index (χ3n) is 3.39. The minimum Gasteiger partial charge on any atom is -0.326 e. The van der Waals surface area contributed by atoms with E-state index in [0.29, 0.717) is 10.7 Å². The van der Waals surface area contributed by atoms with Gasteiger partial charge in [0.1, 0.15) is 0 Å². The highest BCUT2D eigenvalue weighted by molar-refractivity contribution is 7.88. The van der Waals surface area contributed by atoms with Crippen LogP contribution < -0.4 is 5.32 Å². The molecule has 0 heterocycles. The summed E-state index contributed by atoms with van der Waals surface area (Å²) in [7, 11) is -3.42. The molecule has 5 nitrogen and oxygen atoms in total. The van der Waals surface area contributed by atoms with Crippen molar-refractivity contribution in [3.63, 3.8) is 0 Å². The molecule has 0 aliphatic carbocycles. The Bertz CT molecular complexity index is 777. The van der Waals surface area contributed by atoms with Gasteiger partial charge in [0.25, 0.3) is 0 Å². The summed E-state index contributed by atoms with van der Waals surface area (Å²) in [5.74, 6) is -0.231. The van der Waals surface area contributed by atoms with Crippen LogP contribution in [0.25, 0.3) is 0 Å². The van der Waals surface area contributed by atoms with E-state index in [1.54, 1.807) is 36.4 Å². The van der Waals surface area contributed by atoms with Gasteiger partial charge in [-0.3, -0.25) is 4.79 Å². The van der Waals surface area contributed by atoms with Gasteiger partial charge in [0, 0.05) is 30.2 Å². The third-order valence-corrected chi connectivity index (χ3v) is 4.89. The Kier molecular flexibility index (Phi) is 6.36. The number of hydrogen-bond donors (Lipinski definition) is 1. The van der Waals surface area contributed by atoms with E-state index < -0.39 is 10.0 Å². The average molecular weight is 367 g/mol. The maximum absolute atomic E-state index is 12.0. The van der Waals surface area contributed by atoms with Gasteiger partial charge in [0.05, 0.1) is 6.26 Å². The largest absolute Gasteiger partial charge is 0.326 e. The third kappa shape index (κ3) is 5.96. The molecule has 0 atom stereocenters. The molecule has 0 aliphatic heterocycles. The van der Waals surface area contributed by atoms with Crippen molar-refractivity contribution in [1.29, 1.82) is 0 Å². The molecule has 0 saturated carbocycles. The second kappa shape index (κ2) is 8.28. The first-order valence-electron chi connectivity index (χ1n) is 7.39. The summed E-state index contributed by atoms with van der Waals surface area (Å²) in [5.41, 5.74) is 1.50. The number of para-hydroxylation sites is 1. The van der Waals surface area contributed by atoms with Gasteiger partial charge in [0.2, 0.25) is 15.9 Å². The van der Waals surface area contributed by atoms with Gasteiger partial charge in [-0.25, -0.2) is 8.42 Å². The maximum atomic E-state index is 12.0. The van der Waals surface area contributed by atoms with E-state index in [4.69, 9.17) is 11.6 Å². The minimum atomic E-state index is -3.42. The molecule has 0 spiro atoms. The Balaban J connectivity index is 1.96. The van der Waals surface area contributed by atoms with E-state index in [2.05, 4.69) is 5.32 Å². The molecule has 0 fully saturated rings. The predicted octanol–water partition coefficient (Wildman–Crippen LogP) is 3.13. The number of amides is 1. The first kappa shape index (κ1) is 18.4. The Morgan fingerprint density at radius 1 is 1.08 bits per heavy atom. The number of benzene rings is 2. The number of carbonyl (C=O) groups is 1. The normalized spacial score (nSPS) is 11.5. The van der Waals surface area contributed by atoms with Gasteiger partial charge >= 0.3 is 0 Å². The van der Waals surface area contributed by atoms with E-state index in [9.17, 15) is 13.2 Å². The van der Waals surface area contributed by atoms with Crippen LogP contribution in [-0.4, -0.2) is 31.4 Å². The molecule has 1 amide bonds. The standard InChI is InChI=1S/C17H19ClN2O3S/c1-24(22,23)20(13-14-7-9-15(18)10-8-14)12-11-17(21)19-16-5-3-2-4-6-16/h2-10H,11-13H2,1H3,(H,19,21). The zero-order valence-corrected chi connectivity index (χ0v) is 14.8. The second-order valence-electron chi connectivity index (χ2n) is 5.39. The molecule has 2 aromatic rings. The Morgan fingerprint density at radius 2 is 1.71 bits per heavy atom. The van der Waals surface area contributed by atoms with Crippen molar-refractivity contribution >= 4 is 33.2 Å². The number of carbonyl (C=O) groups excluding carboxylic acids is 1. The molecule has 2 rings (SSSR count). The fourth-order valence-corrected chi connectivity index (χ4v) is 3.06. The lowest BCUT2D eigenvalue weighted by molar-refractivity contribution is -0.116. The summed E-state index contributed by atoms with van der Waals surface area (Å²) in [5, 5.41) is 3.33. The lowest BCUT2D eigenvalue weighted by Crippen LogP contribution is -2.32. The molecule has 7 heteroatoms. The van der Waals surface area contributed by atoms with Gasteiger partial charge < -0.3 is 5.32 Å². The van der Waals surface area contributed by atoms with Crippen molar-refractivity contribution < 1.29 is 13.2 Å². The zero-order chi connectivity index (χ0) is 17.6. The van der Waals surface area contributed by atoms with E-state index >= 15 is 0 Å².